The molecule has 2 aromatic heterocycles. The van der Waals surface area contributed by atoms with Crippen LogP contribution in [0.5, 0.6) is 0 Å². The minimum atomic E-state index is -0.976. The van der Waals surface area contributed by atoms with Crippen molar-refractivity contribution in [2.24, 2.45) is 7.05 Å². The van der Waals surface area contributed by atoms with Gasteiger partial charge in [-0.25, -0.2) is 4.79 Å². The van der Waals surface area contributed by atoms with E-state index < -0.39 is 5.97 Å². The molecule has 18 heavy (non-hydrogen) atoms. The Balaban J connectivity index is 2.20. The Labute approximate surface area is 103 Å². The lowest BCUT2D eigenvalue weighted by molar-refractivity contribution is 0.0685. The molecule has 0 fully saturated rings. The number of carboxylic acid groups (broad SMARTS) is 1. The standard InChI is InChI=1S/C13H11N3O2/c1-16-12(13(17)18)6-11(15-16)9-7-14-10-5-3-2-4-8(9)10/h2-7,14H,1H3,(H,17,18). The van der Waals surface area contributed by atoms with Crippen molar-refractivity contribution >= 4 is 16.9 Å². The summed E-state index contributed by atoms with van der Waals surface area (Å²) in [5.74, 6) is -0.976. The number of aryl methyl sites for hydroxylation is 1. The number of aromatic carboxylic acids is 1. The predicted octanol–water partition coefficient (Wildman–Crippen LogP) is 2.27. The van der Waals surface area contributed by atoms with Gasteiger partial charge in [0.1, 0.15) is 5.69 Å². The summed E-state index contributed by atoms with van der Waals surface area (Å²) in [6.45, 7) is 0. The van der Waals surface area contributed by atoms with Crippen LogP contribution in [0.15, 0.2) is 36.5 Å². The first-order valence-corrected chi connectivity index (χ1v) is 5.50. The van der Waals surface area contributed by atoms with E-state index in [-0.39, 0.29) is 5.69 Å². The Kier molecular flexibility index (Phi) is 2.19. The van der Waals surface area contributed by atoms with Crippen LogP contribution in [0.4, 0.5) is 0 Å². The fourth-order valence-corrected chi connectivity index (χ4v) is 2.08. The zero-order valence-electron chi connectivity index (χ0n) is 9.71. The Hall–Kier alpha value is -2.56. The van der Waals surface area contributed by atoms with Gasteiger partial charge in [0.2, 0.25) is 0 Å². The normalized spacial score (nSPS) is 10.9. The maximum absolute atomic E-state index is 11.0. The lowest BCUT2D eigenvalue weighted by atomic mass is 10.1. The van der Waals surface area contributed by atoms with Crippen molar-refractivity contribution in [1.82, 2.24) is 14.8 Å². The second-order valence-electron chi connectivity index (χ2n) is 4.09. The lowest BCUT2D eigenvalue weighted by Gasteiger charge is -1.93. The zero-order valence-corrected chi connectivity index (χ0v) is 9.71. The van der Waals surface area contributed by atoms with Gasteiger partial charge in [-0.1, -0.05) is 18.2 Å². The average molecular weight is 241 g/mol. The van der Waals surface area contributed by atoms with Crippen LogP contribution in [0.2, 0.25) is 0 Å². The van der Waals surface area contributed by atoms with E-state index in [1.54, 1.807) is 13.1 Å². The fraction of sp³-hybridized carbons (Fsp3) is 0.0769. The highest BCUT2D eigenvalue weighted by Crippen LogP contribution is 2.27. The molecule has 0 saturated carbocycles. The highest BCUT2D eigenvalue weighted by molar-refractivity contribution is 5.96. The summed E-state index contributed by atoms with van der Waals surface area (Å²) in [7, 11) is 1.63. The summed E-state index contributed by atoms with van der Waals surface area (Å²) in [6, 6.07) is 9.43. The fourth-order valence-electron chi connectivity index (χ4n) is 2.08. The van der Waals surface area contributed by atoms with Crippen molar-refractivity contribution < 1.29 is 9.90 Å². The second-order valence-corrected chi connectivity index (χ2v) is 4.09. The second kappa shape index (κ2) is 3.73. The van der Waals surface area contributed by atoms with E-state index >= 15 is 0 Å². The van der Waals surface area contributed by atoms with Crippen LogP contribution >= 0.6 is 0 Å². The van der Waals surface area contributed by atoms with Gasteiger partial charge < -0.3 is 10.1 Å². The molecule has 0 spiro atoms. The van der Waals surface area contributed by atoms with E-state index in [1.807, 2.05) is 30.5 Å². The van der Waals surface area contributed by atoms with E-state index in [0.29, 0.717) is 5.69 Å². The Morgan fingerprint density at radius 2 is 2.17 bits per heavy atom. The number of aromatic nitrogens is 3. The number of H-pyrrole nitrogens is 1. The summed E-state index contributed by atoms with van der Waals surface area (Å²) in [6.07, 6.45) is 1.85. The molecule has 5 nitrogen and oxygen atoms in total. The molecule has 0 atom stereocenters. The maximum atomic E-state index is 11.0. The van der Waals surface area contributed by atoms with Crippen LogP contribution in [0.25, 0.3) is 22.2 Å². The van der Waals surface area contributed by atoms with Gasteiger partial charge in [-0.15, -0.1) is 0 Å². The topological polar surface area (TPSA) is 70.9 Å². The molecule has 1 aromatic carbocycles. The van der Waals surface area contributed by atoms with Crippen LogP contribution in [0.3, 0.4) is 0 Å². The van der Waals surface area contributed by atoms with E-state index in [2.05, 4.69) is 10.1 Å². The number of carboxylic acids is 1. The third-order valence-corrected chi connectivity index (χ3v) is 2.96. The van der Waals surface area contributed by atoms with Gasteiger partial charge in [0, 0.05) is 29.7 Å². The molecule has 0 radical (unpaired) electrons. The molecule has 0 amide bonds. The molecule has 0 aliphatic rings. The number of carbonyl (C=O) groups is 1. The van der Waals surface area contributed by atoms with Crippen LogP contribution in [-0.2, 0) is 7.05 Å². The average Bonchev–Trinajstić information content (AvgIpc) is 2.92. The Morgan fingerprint density at radius 1 is 1.39 bits per heavy atom. The summed E-state index contributed by atoms with van der Waals surface area (Å²) >= 11 is 0. The SMILES string of the molecule is Cn1nc(-c2c[nH]c3ccccc23)cc1C(=O)O. The molecule has 0 bridgehead atoms. The third kappa shape index (κ3) is 1.48. The van der Waals surface area contributed by atoms with E-state index in [0.717, 1.165) is 16.5 Å². The van der Waals surface area contributed by atoms with Gasteiger partial charge in [-0.2, -0.15) is 5.10 Å². The molecule has 5 heteroatoms. The summed E-state index contributed by atoms with van der Waals surface area (Å²) in [5, 5.41) is 14.3. The molecule has 0 aliphatic heterocycles. The van der Waals surface area contributed by atoms with Crippen molar-refractivity contribution in [3.8, 4) is 11.3 Å². The van der Waals surface area contributed by atoms with Crippen molar-refractivity contribution in [3.05, 3.63) is 42.2 Å². The molecule has 2 N–H and O–H groups in total. The number of hydrogen-bond acceptors (Lipinski definition) is 2. The maximum Gasteiger partial charge on any atom is 0.354 e. The number of hydrogen-bond donors (Lipinski definition) is 2. The van der Waals surface area contributed by atoms with E-state index in [4.69, 9.17) is 5.11 Å². The molecule has 0 aliphatic carbocycles. The summed E-state index contributed by atoms with van der Waals surface area (Å²) in [4.78, 5) is 14.1. The first-order valence-electron chi connectivity index (χ1n) is 5.50. The summed E-state index contributed by atoms with van der Waals surface area (Å²) in [5.41, 5.74) is 2.76. The number of nitrogens with one attached hydrogen (secondary N) is 1. The van der Waals surface area contributed by atoms with Crippen molar-refractivity contribution in [2.45, 2.75) is 0 Å². The van der Waals surface area contributed by atoms with Crippen molar-refractivity contribution in [3.63, 3.8) is 0 Å². The predicted molar refractivity (Wildman–Crippen MR) is 67.5 cm³/mol. The highest BCUT2D eigenvalue weighted by atomic mass is 16.4. The van der Waals surface area contributed by atoms with Crippen LogP contribution in [0, 0.1) is 0 Å². The Bertz CT molecular complexity index is 740. The molecule has 0 unspecified atom stereocenters. The minimum Gasteiger partial charge on any atom is -0.477 e. The Morgan fingerprint density at radius 3 is 2.89 bits per heavy atom. The van der Waals surface area contributed by atoms with Gasteiger partial charge in [0.15, 0.2) is 0 Å². The van der Waals surface area contributed by atoms with Crippen LogP contribution in [0.1, 0.15) is 10.5 Å². The lowest BCUT2D eigenvalue weighted by Crippen LogP contribution is -2.04. The first-order chi connectivity index (χ1) is 8.66. The zero-order chi connectivity index (χ0) is 12.7. The molecule has 2 heterocycles. The molecular weight excluding hydrogens is 230 g/mol. The smallest absolute Gasteiger partial charge is 0.354 e. The first kappa shape index (κ1) is 10.6. The largest absolute Gasteiger partial charge is 0.477 e. The van der Waals surface area contributed by atoms with Gasteiger partial charge in [-0.3, -0.25) is 4.68 Å². The van der Waals surface area contributed by atoms with Gasteiger partial charge in [0.25, 0.3) is 0 Å². The number of para-hydroxylation sites is 1. The number of fused-ring (bicyclic) bond motifs is 1. The van der Waals surface area contributed by atoms with Gasteiger partial charge >= 0.3 is 5.97 Å². The quantitative estimate of drug-likeness (QED) is 0.723. The molecule has 90 valence electrons. The molecule has 3 rings (SSSR count). The third-order valence-electron chi connectivity index (χ3n) is 2.96. The van der Waals surface area contributed by atoms with Crippen molar-refractivity contribution in [1.29, 1.82) is 0 Å². The monoisotopic (exact) mass is 241 g/mol. The van der Waals surface area contributed by atoms with Crippen LogP contribution in [-0.4, -0.2) is 25.8 Å². The molecule has 0 saturated heterocycles. The van der Waals surface area contributed by atoms with Crippen LogP contribution < -0.4 is 0 Å². The van der Waals surface area contributed by atoms with Gasteiger partial charge in [-0.05, 0) is 12.1 Å². The van der Waals surface area contributed by atoms with Crippen molar-refractivity contribution in [2.75, 3.05) is 0 Å². The number of aromatic amines is 1. The highest BCUT2D eigenvalue weighted by Gasteiger charge is 2.15. The molecule has 3 aromatic rings. The molecular formula is C13H11N3O2. The minimum absolute atomic E-state index is 0.176. The summed E-state index contributed by atoms with van der Waals surface area (Å²) < 4.78 is 1.37. The van der Waals surface area contributed by atoms with E-state index in [1.165, 1.54) is 4.68 Å². The number of rotatable bonds is 2. The van der Waals surface area contributed by atoms with E-state index in [9.17, 15) is 4.79 Å². The number of benzene rings is 1. The number of nitrogens with zero attached hydrogens (tertiary/aromatic N) is 2. The van der Waals surface area contributed by atoms with Gasteiger partial charge in [0.05, 0.1) is 5.69 Å².